The molecule has 0 saturated carbocycles. The smallest absolute Gasteiger partial charge is 0.347 e. The normalized spacial score (nSPS) is 21.9. The van der Waals surface area contributed by atoms with E-state index in [4.69, 9.17) is 5.11 Å². The molecule has 1 atom stereocenters. The van der Waals surface area contributed by atoms with Crippen molar-refractivity contribution in [1.82, 2.24) is 4.31 Å². The Balaban J connectivity index is 2.36. The van der Waals surface area contributed by atoms with Crippen molar-refractivity contribution in [1.29, 1.82) is 0 Å². The summed E-state index contributed by atoms with van der Waals surface area (Å²) in [7, 11) is -3.68. The number of carboxylic acids is 1. The number of rotatable bonds is 3. The zero-order valence-corrected chi connectivity index (χ0v) is 12.1. The van der Waals surface area contributed by atoms with E-state index in [1.165, 1.54) is 15.8 Å². The van der Waals surface area contributed by atoms with E-state index in [0.717, 1.165) is 17.1 Å². The summed E-state index contributed by atoms with van der Waals surface area (Å²) in [6, 6.07) is 1.37. The van der Waals surface area contributed by atoms with Crippen LogP contribution in [0.2, 0.25) is 0 Å². The highest BCUT2D eigenvalue weighted by molar-refractivity contribution is 8.00. The standard InChI is InChI=1S/C10H13NO4S3/c1-7-6-11(3-5-16-7)18(14,15)8-2-4-17-9(8)10(12)13/h2,4,7H,3,5-6H2,1H3,(H,12,13). The summed E-state index contributed by atoms with van der Waals surface area (Å²) in [5.41, 5.74) is 0. The van der Waals surface area contributed by atoms with Gasteiger partial charge in [-0.15, -0.1) is 11.3 Å². The van der Waals surface area contributed by atoms with E-state index >= 15 is 0 Å². The fourth-order valence-corrected chi connectivity index (χ4v) is 5.79. The second kappa shape index (κ2) is 5.20. The predicted octanol–water partition coefficient (Wildman–Crippen LogP) is 1.57. The molecule has 1 unspecified atom stereocenters. The minimum Gasteiger partial charge on any atom is -0.477 e. The molecule has 0 aliphatic carbocycles. The van der Waals surface area contributed by atoms with Gasteiger partial charge in [0.2, 0.25) is 10.0 Å². The van der Waals surface area contributed by atoms with Crippen molar-refractivity contribution >= 4 is 39.1 Å². The molecule has 1 aliphatic heterocycles. The van der Waals surface area contributed by atoms with Crippen LogP contribution in [0.25, 0.3) is 0 Å². The van der Waals surface area contributed by atoms with Crippen molar-refractivity contribution in [3.8, 4) is 0 Å². The van der Waals surface area contributed by atoms with E-state index in [0.29, 0.717) is 13.1 Å². The van der Waals surface area contributed by atoms with Gasteiger partial charge in [-0.1, -0.05) is 6.92 Å². The summed E-state index contributed by atoms with van der Waals surface area (Å²) in [6.45, 7) is 2.84. The molecule has 1 fully saturated rings. The lowest BCUT2D eigenvalue weighted by Crippen LogP contribution is -2.41. The molecule has 0 radical (unpaired) electrons. The maximum atomic E-state index is 12.4. The van der Waals surface area contributed by atoms with Gasteiger partial charge in [0.15, 0.2) is 0 Å². The van der Waals surface area contributed by atoms with Crippen molar-refractivity contribution in [2.75, 3.05) is 18.8 Å². The van der Waals surface area contributed by atoms with Crippen molar-refractivity contribution < 1.29 is 18.3 Å². The molecule has 0 bridgehead atoms. The molecule has 100 valence electrons. The number of carbonyl (C=O) groups is 1. The Morgan fingerprint density at radius 3 is 2.89 bits per heavy atom. The van der Waals surface area contributed by atoms with Crippen molar-refractivity contribution in [3.05, 3.63) is 16.3 Å². The third kappa shape index (κ3) is 2.56. The summed E-state index contributed by atoms with van der Waals surface area (Å²) < 4.78 is 26.1. The van der Waals surface area contributed by atoms with Crippen LogP contribution < -0.4 is 0 Å². The van der Waals surface area contributed by atoms with Gasteiger partial charge < -0.3 is 5.11 Å². The van der Waals surface area contributed by atoms with E-state index < -0.39 is 16.0 Å². The van der Waals surface area contributed by atoms with Gasteiger partial charge in [-0.05, 0) is 11.4 Å². The lowest BCUT2D eigenvalue weighted by atomic mass is 10.4. The van der Waals surface area contributed by atoms with Crippen LogP contribution in [0.5, 0.6) is 0 Å². The van der Waals surface area contributed by atoms with E-state index in [1.54, 1.807) is 11.8 Å². The van der Waals surface area contributed by atoms with E-state index in [2.05, 4.69) is 0 Å². The van der Waals surface area contributed by atoms with E-state index in [1.807, 2.05) is 6.92 Å². The third-order valence-electron chi connectivity index (χ3n) is 2.64. The van der Waals surface area contributed by atoms with Crippen molar-refractivity contribution in [3.63, 3.8) is 0 Å². The van der Waals surface area contributed by atoms with Crippen molar-refractivity contribution in [2.24, 2.45) is 0 Å². The summed E-state index contributed by atoms with van der Waals surface area (Å²) in [4.78, 5) is 10.8. The molecule has 2 heterocycles. The molecule has 0 aromatic carbocycles. The monoisotopic (exact) mass is 307 g/mol. The van der Waals surface area contributed by atoms with Crippen LogP contribution in [0.1, 0.15) is 16.6 Å². The molecular weight excluding hydrogens is 294 g/mol. The summed E-state index contributed by atoms with van der Waals surface area (Å²) in [5, 5.41) is 10.7. The molecular formula is C10H13NO4S3. The number of aromatic carboxylic acids is 1. The first-order chi connectivity index (χ1) is 8.43. The third-order valence-corrected chi connectivity index (χ3v) is 6.72. The molecule has 1 aromatic rings. The number of hydrogen-bond acceptors (Lipinski definition) is 5. The second-order valence-corrected chi connectivity index (χ2v) is 8.33. The molecule has 1 aromatic heterocycles. The van der Waals surface area contributed by atoms with E-state index in [9.17, 15) is 13.2 Å². The Morgan fingerprint density at radius 1 is 1.56 bits per heavy atom. The highest BCUT2D eigenvalue weighted by Crippen LogP contribution is 2.28. The van der Waals surface area contributed by atoms with Gasteiger partial charge >= 0.3 is 5.97 Å². The first kappa shape index (κ1) is 13.9. The van der Waals surface area contributed by atoms with Crippen LogP contribution in [0.4, 0.5) is 0 Å². The zero-order valence-electron chi connectivity index (χ0n) is 9.70. The molecule has 0 amide bonds. The SMILES string of the molecule is CC1CN(S(=O)(=O)c2ccsc2C(=O)O)CCS1. The largest absolute Gasteiger partial charge is 0.477 e. The molecule has 1 aliphatic rings. The molecule has 0 spiro atoms. The number of thioether (sulfide) groups is 1. The molecule has 1 saturated heterocycles. The van der Waals surface area contributed by atoms with Crippen LogP contribution in [-0.2, 0) is 10.0 Å². The van der Waals surface area contributed by atoms with Gasteiger partial charge in [0.25, 0.3) is 0 Å². The second-order valence-electron chi connectivity index (χ2n) is 3.96. The van der Waals surface area contributed by atoms with Gasteiger partial charge in [0, 0.05) is 24.1 Å². The van der Waals surface area contributed by atoms with Crippen LogP contribution >= 0.6 is 23.1 Å². The number of thiophene rings is 1. The minimum absolute atomic E-state index is 0.0842. The zero-order chi connectivity index (χ0) is 13.3. The van der Waals surface area contributed by atoms with Crippen LogP contribution in [-0.4, -0.2) is 47.9 Å². The van der Waals surface area contributed by atoms with Crippen LogP contribution in [0, 0.1) is 0 Å². The first-order valence-electron chi connectivity index (χ1n) is 5.35. The fraction of sp³-hybridized carbons (Fsp3) is 0.500. The molecule has 8 heteroatoms. The van der Waals surface area contributed by atoms with Gasteiger partial charge in [-0.25, -0.2) is 13.2 Å². The quantitative estimate of drug-likeness (QED) is 0.917. The van der Waals surface area contributed by atoms with Gasteiger partial charge in [-0.2, -0.15) is 16.1 Å². The summed E-state index contributed by atoms with van der Waals surface area (Å²) in [5.74, 6) is -0.449. The highest BCUT2D eigenvalue weighted by Gasteiger charge is 2.32. The Morgan fingerprint density at radius 2 is 2.28 bits per heavy atom. The number of nitrogens with zero attached hydrogens (tertiary/aromatic N) is 1. The maximum Gasteiger partial charge on any atom is 0.347 e. The fourth-order valence-electron chi connectivity index (χ4n) is 1.80. The van der Waals surface area contributed by atoms with Gasteiger partial charge in [-0.3, -0.25) is 0 Å². The average Bonchev–Trinajstić information content (AvgIpc) is 2.78. The minimum atomic E-state index is -3.68. The van der Waals surface area contributed by atoms with Gasteiger partial charge in [0.1, 0.15) is 9.77 Å². The Hall–Kier alpha value is -0.570. The topological polar surface area (TPSA) is 74.7 Å². The van der Waals surface area contributed by atoms with Crippen LogP contribution in [0.15, 0.2) is 16.3 Å². The molecule has 5 nitrogen and oxygen atoms in total. The predicted molar refractivity (Wildman–Crippen MR) is 72.0 cm³/mol. The van der Waals surface area contributed by atoms with Crippen LogP contribution in [0.3, 0.4) is 0 Å². The Bertz CT molecular complexity index is 551. The lowest BCUT2D eigenvalue weighted by Gasteiger charge is -2.29. The van der Waals surface area contributed by atoms with Crippen molar-refractivity contribution in [2.45, 2.75) is 17.1 Å². The highest BCUT2D eigenvalue weighted by atomic mass is 32.2. The Kier molecular flexibility index (Phi) is 4.00. The molecule has 18 heavy (non-hydrogen) atoms. The maximum absolute atomic E-state index is 12.4. The lowest BCUT2D eigenvalue weighted by molar-refractivity contribution is 0.0698. The molecule has 1 N–H and O–H groups in total. The summed E-state index contributed by atoms with van der Waals surface area (Å²) >= 11 is 2.66. The number of sulfonamides is 1. The first-order valence-corrected chi connectivity index (χ1v) is 8.72. The summed E-state index contributed by atoms with van der Waals surface area (Å²) in [6.07, 6.45) is 0. The van der Waals surface area contributed by atoms with E-state index in [-0.39, 0.29) is 15.0 Å². The molecule has 2 rings (SSSR count). The van der Waals surface area contributed by atoms with Gasteiger partial charge in [0.05, 0.1) is 0 Å². The average molecular weight is 307 g/mol. The number of hydrogen-bond donors (Lipinski definition) is 1. The Labute approximate surface area is 114 Å². The number of carboxylic acid groups (broad SMARTS) is 1.